The first kappa shape index (κ1) is 18.0. The third-order valence-electron chi connectivity index (χ3n) is 4.99. The summed E-state index contributed by atoms with van der Waals surface area (Å²) in [5, 5.41) is 3.73. The van der Waals surface area contributed by atoms with Crippen LogP contribution in [0.1, 0.15) is 104 Å². The minimum absolute atomic E-state index is 0.809. The quantitative estimate of drug-likeness (QED) is 0.404. The molecule has 1 unspecified atom stereocenters. The summed E-state index contributed by atoms with van der Waals surface area (Å²) in [6.45, 7) is 5.70. The first-order valence-corrected chi connectivity index (χ1v) is 9.60. The van der Waals surface area contributed by atoms with Crippen LogP contribution in [-0.4, -0.2) is 12.6 Å². The maximum Gasteiger partial charge on any atom is 0.00695 e. The average Bonchev–Trinajstić information content (AvgIpc) is 2.95. The Labute approximate surface area is 128 Å². The predicted molar refractivity (Wildman–Crippen MR) is 91.3 cm³/mol. The van der Waals surface area contributed by atoms with Gasteiger partial charge in [0.25, 0.3) is 0 Å². The van der Waals surface area contributed by atoms with E-state index < -0.39 is 0 Å². The molecular formula is C19H39N. The van der Waals surface area contributed by atoms with Gasteiger partial charge in [-0.2, -0.15) is 0 Å². The lowest BCUT2D eigenvalue weighted by molar-refractivity contribution is 0.365. The molecule has 0 heterocycles. The van der Waals surface area contributed by atoms with Crippen molar-refractivity contribution in [1.82, 2.24) is 5.32 Å². The van der Waals surface area contributed by atoms with Gasteiger partial charge in [0.05, 0.1) is 0 Å². The lowest BCUT2D eigenvalue weighted by Crippen LogP contribution is -2.30. The molecule has 0 aromatic rings. The SMILES string of the molecule is CCCCCCCCCCC(CC1CCCC1)NCC. The molecule has 1 atom stereocenters. The average molecular weight is 282 g/mol. The monoisotopic (exact) mass is 281 g/mol. The van der Waals surface area contributed by atoms with Crippen LogP contribution in [0.2, 0.25) is 0 Å². The van der Waals surface area contributed by atoms with E-state index in [-0.39, 0.29) is 0 Å². The van der Waals surface area contributed by atoms with Crippen molar-refractivity contribution in [3.63, 3.8) is 0 Å². The highest BCUT2D eigenvalue weighted by Gasteiger charge is 2.19. The molecule has 120 valence electrons. The van der Waals surface area contributed by atoms with Crippen LogP contribution in [0.25, 0.3) is 0 Å². The van der Waals surface area contributed by atoms with E-state index in [1.807, 2.05) is 0 Å². The third kappa shape index (κ3) is 9.00. The maximum atomic E-state index is 3.73. The Bertz CT molecular complexity index is 196. The van der Waals surface area contributed by atoms with Gasteiger partial charge in [-0.25, -0.2) is 0 Å². The minimum Gasteiger partial charge on any atom is -0.314 e. The Morgan fingerprint density at radius 3 is 2.05 bits per heavy atom. The third-order valence-corrected chi connectivity index (χ3v) is 4.99. The van der Waals surface area contributed by atoms with Gasteiger partial charge >= 0.3 is 0 Å². The van der Waals surface area contributed by atoms with Gasteiger partial charge in [-0.15, -0.1) is 0 Å². The Morgan fingerprint density at radius 2 is 1.45 bits per heavy atom. The van der Waals surface area contributed by atoms with Crippen LogP contribution in [0.5, 0.6) is 0 Å². The number of nitrogens with one attached hydrogen (secondary N) is 1. The topological polar surface area (TPSA) is 12.0 Å². The Hall–Kier alpha value is -0.0400. The fourth-order valence-electron chi connectivity index (χ4n) is 3.76. The second-order valence-corrected chi connectivity index (χ2v) is 6.90. The van der Waals surface area contributed by atoms with Gasteiger partial charge in [-0.1, -0.05) is 90.9 Å². The number of rotatable bonds is 13. The number of hydrogen-bond donors (Lipinski definition) is 1. The van der Waals surface area contributed by atoms with Crippen molar-refractivity contribution in [2.45, 2.75) is 110 Å². The molecule has 1 rings (SSSR count). The zero-order chi connectivity index (χ0) is 14.5. The molecule has 20 heavy (non-hydrogen) atoms. The van der Waals surface area contributed by atoms with Crippen LogP contribution < -0.4 is 5.32 Å². The molecule has 0 spiro atoms. The van der Waals surface area contributed by atoms with Gasteiger partial charge in [0.2, 0.25) is 0 Å². The van der Waals surface area contributed by atoms with Crippen molar-refractivity contribution in [2.24, 2.45) is 5.92 Å². The van der Waals surface area contributed by atoms with Crippen molar-refractivity contribution in [1.29, 1.82) is 0 Å². The number of unbranched alkanes of at least 4 members (excludes halogenated alkanes) is 7. The van der Waals surface area contributed by atoms with Crippen LogP contribution in [0.3, 0.4) is 0 Å². The molecule has 1 fully saturated rings. The number of hydrogen-bond acceptors (Lipinski definition) is 1. The molecular weight excluding hydrogens is 242 g/mol. The predicted octanol–water partition coefficient (Wildman–Crippen LogP) is 6.08. The normalized spacial score (nSPS) is 17.7. The highest BCUT2D eigenvalue weighted by Crippen LogP contribution is 2.29. The minimum atomic E-state index is 0.809. The lowest BCUT2D eigenvalue weighted by atomic mass is 9.94. The fraction of sp³-hybridized carbons (Fsp3) is 1.00. The van der Waals surface area contributed by atoms with Gasteiger partial charge < -0.3 is 5.32 Å². The zero-order valence-corrected chi connectivity index (χ0v) is 14.3. The van der Waals surface area contributed by atoms with Gasteiger partial charge in [0.15, 0.2) is 0 Å². The Balaban J connectivity index is 1.97. The van der Waals surface area contributed by atoms with Gasteiger partial charge in [0.1, 0.15) is 0 Å². The van der Waals surface area contributed by atoms with Crippen molar-refractivity contribution in [2.75, 3.05) is 6.54 Å². The van der Waals surface area contributed by atoms with E-state index in [1.54, 1.807) is 0 Å². The van der Waals surface area contributed by atoms with E-state index in [9.17, 15) is 0 Å². The van der Waals surface area contributed by atoms with E-state index in [4.69, 9.17) is 0 Å². The molecule has 0 bridgehead atoms. The first-order valence-electron chi connectivity index (χ1n) is 9.60. The molecule has 0 amide bonds. The summed E-state index contributed by atoms with van der Waals surface area (Å²) >= 11 is 0. The second kappa shape index (κ2) is 12.7. The zero-order valence-electron chi connectivity index (χ0n) is 14.3. The molecule has 0 aliphatic heterocycles. The second-order valence-electron chi connectivity index (χ2n) is 6.90. The summed E-state index contributed by atoms with van der Waals surface area (Å²) < 4.78 is 0. The highest BCUT2D eigenvalue weighted by molar-refractivity contribution is 4.75. The fourth-order valence-corrected chi connectivity index (χ4v) is 3.76. The van der Waals surface area contributed by atoms with E-state index >= 15 is 0 Å². The van der Waals surface area contributed by atoms with E-state index in [2.05, 4.69) is 19.2 Å². The Kier molecular flexibility index (Phi) is 11.4. The molecule has 1 saturated carbocycles. The summed E-state index contributed by atoms with van der Waals surface area (Å²) in [5.41, 5.74) is 0. The van der Waals surface area contributed by atoms with Crippen molar-refractivity contribution in [3.8, 4) is 0 Å². The maximum absolute atomic E-state index is 3.73. The van der Waals surface area contributed by atoms with Gasteiger partial charge in [-0.3, -0.25) is 0 Å². The lowest BCUT2D eigenvalue weighted by Gasteiger charge is -2.21. The van der Waals surface area contributed by atoms with Crippen LogP contribution >= 0.6 is 0 Å². The van der Waals surface area contributed by atoms with Crippen LogP contribution in [0.4, 0.5) is 0 Å². The molecule has 0 aromatic carbocycles. The Morgan fingerprint density at radius 1 is 0.850 bits per heavy atom. The van der Waals surface area contributed by atoms with Gasteiger partial charge in [0, 0.05) is 6.04 Å². The van der Waals surface area contributed by atoms with E-state index in [0.29, 0.717) is 0 Å². The molecule has 0 aromatic heterocycles. The molecule has 1 N–H and O–H groups in total. The standard InChI is InChI=1S/C19H39N/c1-3-5-6-7-8-9-10-11-16-19(20-4-2)17-18-14-12-13-15-18/h18-20H,3-17H2,1-2H3. The van der Waals surface area contributed by atoms with Crippen molar-refractivity contribution in [3.05, 3.63) is 0 Å². The molecule has 1 aliphatic rings. The van der Waals surface area contributed by atoms with Gasteiger partial charge in [-0.05, 0) is 25.3 Å². The van der Waals surface area contributed by atoms with Crippen LogP contribution in [-0.2, 0) is 0 Å². The van der Waals surface area contributed by atoms with E-state index in [1.165, 1.54) is 89.9 Å². The summed E-state index contributed by atoms with van der Waals surface area (Å²) in [4.78, 5) is 0. The smallest absolute Gasteiger partial charge is 0.00695 e. The summed E-state index contributed by atoms with van der Waals surface area (Å²) in [7, 11) is 0. The van der Waals surface area contributed by atoms with Crippen LogP contribution in [0.15, 0.2) is 0 Å². The molecule has 1 heteroatoms. The highest BCUT2D eigenvalue weighted by atomic mass is 14.9. The van der Waals surface area contributed by atoms with Crippen molar-refractivity contribution >= 4 is 0 Å². The summed E-state index contributed by atoms with van der Waals surface area (Å²) in [6.07, 6.45) is 20.4. The molecule has 0 saturated heterocycles. The molecule has 1 nitrogen and oxygen atoms in total. The molecule has 0 radical (unpaired) electrons. The largest absolute Gasteiger partial charge is 0.314 e. The summed E-state index contributed by atoms with van der Waals surface area (Å²) in [5.74, 6) is 1.04. The molecule has 1 aliphatic carbocycles. The van der Waals surface area contributed by atoms with Crippen molar-refractivity contribution < 1.29 is 0 Å². The van der Waals surface area contributed by atoms with E-state index in [0.717, 1.165) is 18.5 Å². The first-order chi connectivity index (χ1) is 9.86. The van der Waals surface area contributed by atoms with Crippen LogP contribution in [0, 0.1) is 5.92 Å². The summed E-state index contributed by atoms with van der Waals surface area (Å²) in [6, 6.07) is 0.809.